The SMILES string of the molecule is CC[C@H](C)C1C[C@@H](n2c(CC(=N)N=NN)nc3ccccc32)C=CN1. The molecule has 25 heavy (non-hydrogen) atoms. The number of nitrogens with two attached hydrogens (primary N) is 1. The summed E-state index contributed by atoms with van der Waals surface area (Å²) in [4.78, 5) is 4.73. The number of imidazole rings is 1. The van der Waals surface area contributed by atoms with Crippen molar-refractivity contribution in [1.29, 1.82) is 5.41 Å². The lowest BCUT2D eigenvalue weighted by atomic mass is 9.91. The lowest BCUT2D eigenvalue weighted by molar-refractivity contribution is 0.329. The van der Waals surface area contributed by atoms with Crippen LogP contribution >= 0.6 is 0 Å². The smallest absolute Gasteiger partial charge is 0.152 e. The van der Waals surface area contributed by atoms with E-state index in [1.54, 1.807) is 0 Å². The third kappa shape index (κ3) is 3.55. The first-order valence-corrected chi connectivity index (χ1v) is 8.71. The number of para-hydroxylation sites is 2. The fraction of sp³-hybridized carbons (Fsp3) is 0.444. The Morgan fingerprint density at radius 1 is 1.48 bits per heavy atom. The molecule has 1 aliphatic rings. The van der Waals surface area contributed by atoms with Gasteiger partial charge in [-0.2, -0.15) is 0 Å². The second-order valence-electron chi connectivity index (χ2n) is 6.55. The summed E-state index contributed by atoms with van der Waals surface area (Å²) in [7, 11) is 0. The molecule has 0 saturated heterocycles. The Morgan fingerprint density at radius 3 is 3.04 bits per heavy atom. The Labute approximate surface area is 147 Å². The average molecular weight is 339 g/mol. The van der Waals surface area contributed by atoms with Gasteiger partial charge in [-0.1, -0.05) is 37.6 Å². The highest BCUT2D eigenvalue weighted by molar-refractivity contribution is 5.83. The Morgan fingerprint density at radius 2 is 2.28 bits per heavy atom. The summed E-state index contributed by atoms with van der Waals surface area (Å²) in [6, 6.07) is 8.71. The molecule has 0 radical (unpaired) electrons. The van der Waals surface area contributed by atoms with Crippen LogP contribution in [0.1, 0.15) is 38.6 Å². The quantitative estimate of drug-likeness (QED) is 0.256. The summed E-state index contributed by atoms with van der Waals surface area (Å²) in [6.45, 7) is 4.50. The summed E-state index contributed by atoms with van der Waals surface area (Å²) in [5.74, 6) is 6.59. The van der Waals surface area contributed by atoms with Gasteiger partial charge in [-0.3, -0.25) is 5.41 Å². The predicted octanol–water partition coefficient (Wildman–Crippen LogP) is 3.34. The van der Waals surface area contributed by atoms with Gasteiger partial charge in [0.05, 0.1) is 23.5 Å². The van der Waals surface area contributed by atoms with E-state index in [1.807, 2.05) is 18.2 Å². The van der Waals surface area contributed by atoms with Crippen molar-refractivity contribution >= 4 is 16.9 Å². The lowest BCUT2D eigenvalue weighted by Crippen LogP contribution is -2.36. The first-order chi connectivity index (χ1) is 12.1. The Balaban J connectivity index is 2.00. The minimum atomic E-state index is 0.107. The maximum Gasteiger partial charge on any atom is 0.152 e. The van der Waals surface area contributed by atoms with Gasteiger partial charge in [0.15, 0.2) is 5.84 Å². The second-order valence-corrected chi connectivity index (χ2v) is 6.55. The van der Waals surface area contributed by atoms with Gasteiger partial charge < -0.3 is 15.7 Å². The van der Waals surface area contributed by atoms with Crippen LogP contribution in [0.5, 0.6) is 0 Å². The molecule has 0 amide bonds. The number of rotatable bonds is 5. The van der Waals surface area contributed by atoms with Gasteiger partial charge in [0.2, 0.25) is 0 Å². The maximum absolute atomic E-state index is 7.92. The summed E-state index contributed by atoms with van der Waals surface area (Å²) in [6.07, 6.45) is 6.65. The van der Waals surface area contributed by atoms with E-state index in [2.05, 4.69) is 52.4 Å². The molecule has 1 aromatic carbocycles. The van der Waals surface area contributed by atoms with Gasteiger partial charge in [-0.05, 0) is 36.7 Å². The van der Waals surface area contributed by atoms with E-state index < -0.39 is 0 Å². The zero-order valence-corrected chi connectivity index (χ0v) is 14.7. The number of fused-ring (bicyclic) bond motifs is 1. The van der Waals surface area contributed by atoms with Crippen molar-refractivity contribution < 1.29 is 0 Å². The van der Waals surface area contributed by atoms with Gasteiger partial charge in [0.25, 0.3) is 0 Å². The average Bonchev–Trinajstić information content (AvgIpc) is 2.99. The zero-order valence-electron chi connectivity index (χ0n) is 14.7. The minimum absolute atomic E-state index is 0.107. The van der Waals surface area contributed by atoms with Gasteiger partial charge in [-0.15, -0.1) is 5.11 Å². The van der Waals surface area contributed by atoms with E-state index in [0.29, 0.717) is 18.4 Å². The fourth-order valence-corrected chi connectivity index (χ4v) is 3.41. The number of benzene rings is 1. The van der Waals surface area contributed by atoms with Gasteiger partial charge in [0.1, 0.15) is 5.82 Å². The van der Waals surface area contributed by atoms with Crippen molar-refractivity contribution in [3.05, 3.63) is 42.4 Å². The number of aromatic nitrogens is 2. The Kier molecular flexibility index (Phi) is 5.11. The molecule has 0 bridgehead atoms. The summed E-state index contributed by atoms with van der Waals surface area (Å²) in [5.41, 5.74) is 2.01. The highest BCUT2D eigenvalue weighted by atomic mass is 15.3. The molecule has 1 aromatic heterocycles. The normalized spacial score (nSPS) is 21.5. The van der Waals surface area contributed by atoms with Crippen LogP contribution in [0.25, 0.3) is 11.0 Å². The summed E-state index contributed by atoms with van der Waals surface area (Å²) < 4.78 is 2.22. The number of nitrogens with zero attached hydrogens (tertiary/aromatic N) is 4. The molecule has 0 saturated carbocycles. The first-order valence-electron chi connectivity index (χ1n) is 8.71. The largest absolute Gasteiger partial charge is 0.388 e. The number of nitrogens with one attached hydrogen (secondary N) is 2. The molecule has 3 atom stereocenters. The summed E-state index contributed by atoms with van der Waals surface area (Å²) in [5, 5.41) is 18.3. The van der Waals surface area contributed by atoms with E-state index >= 15 is 0 Å². The van der Waals surface area contributed by atoms with E-state index in [9.17, 15) is 0 Å². The van der Waals surface area contributed by atoms with Crippen molar-refractivity contribution in [2.24, 2.45) is 22.1 Å². The predicted molar refractivity (Wildman–Crippen MR) is 99.4 cm³/mol. The van der Waals surface area contributed by atoms with Crippen LogP contribution in [0.4, 0.5) is 0 Å². The van der Waals surface area contributed by atoms with Crippen molar-refractivity contribution in [3.8, 4) is 0 Å². The third-order valence-electron chi connectivity index (χ3n) is 4.96. The number of hydrogen-bond acceptors (Lipinski definition) is 4. The van der Waals surface area contributed by atoms with Crippen molar-refractivity contribution in [1.82, 2.24) is 14.9 Å². The fourth-order valence-electron chi connectivity index (χ4n) is 3.41. The number of amidine groups is 1. The van der Waals surface area contributed by atoms with Crippen molar-refractivity contribution in [2.45, 2.75) is 45.2 Å². The van der Waals surface area contributed by atoms with Crippen LogP contribution < -0.4 is 11.2 Å². The molecule has 7 nitrogen and oxygen atoms in total. The monoisotopic (exact) mass is 339 g/mol. The third-order valence-corrected chi connectivity index (χ3v) is 4.96. The molecule has 0 aliphatic carbocycles. The molecule has 2 heterocycles. The van der Waals surface area contributed by atoms with Gasteiger partial charge >= 0.3 is 0 Å². The van der Waals surface area contributed by atoms with Crippen molar-refractivity contribution in [2.75, 3.05) is 0 Å². The topological polar surface area (TPSA) is 104 Å². The second kappa shape index (κ2) is 7.46. The number of allylic oxidation sites excluding steroid dienone is 1. The van der Waals surface area contributed by atoms with Crippen LogP contribution in [-0.2, 0) is 6.42 Å². The van der Waals surface area contributed by atoms with E-state index in [4.69, 9.17) is 16.2 Å². The van der Waals surface area contributed by atoms with Gasteiger partial charge in [-0.25, -0.2) is 4.98 Å². The molecular formula is C18H25N7. The minimum Gasteiger partial charge on any atom is -0.388 e. The Bertz CT molecular complexity index is 805. The zero-order chi connectivity index (χ0) is 17.8. The molecule has 0 spiro atoms. The molecular weight excluding hydrogens is 314 g/mol. The standard InChI is InChI=1S/C18H25N7/c1-3-12(2)15-10-13(8-9-21-15)25-16-7-5-4-6-14(16)22-18(25)11-17(19)23-24-20/h4-9,12-13,15,21H,3,10-11H2,1-2H3,(H3,19,20,23)/t12-,13-,15?/m0/s1. The molecule has 1 aliphatic heterocycles. The van der Waals surface area contributed by atoms with E-state index in [1.165, 1.54) is 0 Å². The number of hydrogen-bond donors (Lipinski definition) is 3. The van der Waals surface area contributed by atoms with Crippen LogP contribution in [0, 0.1) is 11.3 Å². The van der Waals surface area contributed by atoms with Crippen LogP contribution in [0.2, 0.25) is 0 Å². The van der Waals surface area contributed by atoms with Crippen molar-refractivity contribution in [3.63, 3.8) is 0 Å². The van der Waals surface area contributed by atoms with E-state index in [0.717, 1.165) is 29.7 Å². The van der Waals surface area contributed by atoms with E-state index in [-0.39, 0.29) is 11.9 Å². The highest BCUT2D eigenvalue weighted by Gasteiger charge is 2.26. The molecule has 132 valence electrons. The molecule has 3 rings (SSSR count). The maximum atomic E-state index is 7.92. The molecule has 0 fully saturated rings. The molecule has 7 heteroatoms. The van der Waals surface area contributed by atoms with Gasteiger partial charge in [0, 0.05) is 6.04 Å². The van der Waals surface area contributed by atoms with Crippen LogP contribution in [0.15, 0.2) is 46.9 Å². The molecule has 1 unspecified atom stereocenters. The summed E-state index contributed by atoms with van der Waals surface area (Å²) >= 11 is 0. The van der Waals surface area contributed by atoms with Crippen LogP contribution in [0.3, 0.4) is 0 Å². The Hall–Kier alpha value is -2.70. The lowest BCUT2D eigenvalue weighted by Gasteiger charge is -2.32. The highest BCUT2D eigenvalue weighted by Crippen LogP contribution is 2.30. The first kappa shape index (κ1) is 17.1. The molecule has 4 N–H and O–H groups in total. The van der Waals surface area contributed by atoms with Crippen LogP contribution in [-0.4, -0.2) is 21.4 Å². The molecule has 2 aromatic rings.